The van der Waals surface area contributed by atoms with E-state index in [1.54, 1.807) is 7.11 Å². The summed E-state index contributed by atoms with van der Waals surface area (Å²) in [6.07, 6.45) is 10.3. The second-order valence-corrected chi connectivity index (χ2v) is 27.6. The van der Waals surface area contributed by atoms with Crippen molar-refractivity contribution < 1.29 is 48.1 Å². The number of carbonyl (C=O) groups excluding carboxylic acids is 6. The first-order chi connectivity index (χ1) is 35.3. The lowest BCUT2D eigenvalue weighted by Gasteiger charge is -2.62. The number of aliphatic hydroxyl groups excluding tert-OH is 1. The molecule has 3 N–H and O–H groups in total. The molecule has 6 saturated carbocycles. The third-order valence-corrected chi connectivity index (χ3v) is 25.0. The highest BCUT2D eigenvalue weighted by molar-refractivity contribution is 5.94. The first-order valence-electron chi connectivity index (χ1n) is 29.3. The van der Waals surface area contributed by atoms with Crippen molar-refractivity contribution in [3.05, 3.63) is 25.3 Å². The van der Waals surface area contributed by atoms with Crippen LogP contribution in [-0.4, -0.2) is 121 Å². The Morgan fingerprint density at radius 3 is 1.69 bits per heavy atom. The lowest BCUT2D eigenvalue weighted by molar-refractivity contribution is -0.203. The molecule has 0 aromatic rings. The van der Waals surface area contributed by atoms with Crippen LogP contribution in [0, 0.1) is 104 Å². The number of methoxy groups -OCH3 is 1. The number of hydrogen-bond acceptors (Lipinski definition) is 12. The molecule has 24 atom stereocenters. The summed E-state index contributed by atoms with van der Waals surface area (Å²) >= 11 is 0. The van der Waals surface area contributed by atoms with E-state index in [1.165, 1.54) is 0 Å². The van der Waals surface area contributed by atoms with E-state index < -0.39 is 52.2 Å². The number of carbonyl (C=O) groups is 6. The van der Waals surface area contributed by atoms with Crippen LogP contribution >= 0.6 is 0 Å². The number of nitrogens with zero attached hydrogens (tertiary/aromatic N) is 2. The summed E-state index contributed by atoms with van der Waals surface area (Å²) in [5.74, 6) is 0.220. The SMILES string of the molecule is C=CC(C)[C@]1(C)C[C@@H](OC(=O)NC(=O)[C@H]2CN3CC[C@@H]2C3)[C@@]2(C)C3C(=O)CCC3(CC[C@H]2C)[C@@H](C)[C@@H]1O.C=CC(C)[C@]1(C)C[C@@H](OC(=O)NC(=O)[C@H]2CN3CC[C@@H]2C3)[C@@]2(C)C3[C@H](OC)CCC3(CC[C@H]2C)[C@@H](C)C1=O. The molecule has 10 fully saturated rings. The van der Waals surface area contributed by atoms with Gasteiger partial charge in [0.05, 0.1) is 24.0 Å². The Morgan fingerprint density at radius 2 is 1.20 bits per heavy atom. The number of rotatable bonds is 9. The number of allylic oxidation sites excluding steroid dienone is 2. The number of alkyl carbamates (subject to hydrolysis) is 2. The zero-order valence-corrected chi connectivity index (χ0v) is 47.6. The number of amides is 4. The molecule has 0 aromatic heterocycles. The van der Waals surface area contributed by atoms with Crippen molar-refractivity contribution in [2.24, 2.45) is 104 Å². The summed E-state index contributed by atoms with van der Waals surface area (Å²) in [7, 11) is 1.77. The van der Waals surface area contributed by atoms with Crippen molar-refractivity contribution in [2.45, 2.75) is 171 Å². The van der Waals surface area contributed by atoms with Gasteiger partial charge in [0.2, 0.25) is 11.8 Å². The smallest absolute Gasteiger partial charge is 0.414 e. The Kier molecular flexibility index (Phi) is 15.3. The number of ketones is 2. The highest BCUT2D eigenvalue weighted by atomic mass is 16.6. The van der Waals surface area contributed by atoms with E-state index in [0.717, 1.165) is 84.0 Å². The number of imide groups is 2. The van der Waals surface area contributed by atoms with Gasteiger partial charge in [0.15, 0.2) is 0 Å². The van der Waals surface area contributed by atoms with Crippen molar-refractivity contribution >= 4 is 35.6 Å². The van der Waals surface area contributed by atoms with Gasteiger partial charge in [-0.1, -0.05) is 81.4 Å². The number of fused-ring (bicyclic) bond motifs is 4. The molecule has 4 aliphatic heterocycles. The Morgan fingerprint density at radius 1 is 0.693 bits per heavy atom. The van der Waals surface area contributed by atoms with E-state index in [4.69, 9.17) is 14.2 Å². The number of aliphatic hydroxyl groups is 1. The molecule has 0 aromatic carbocycles. The predicted octanol–water partition coefficient (Wildman–Crippen LogP) is 9.03. The summed E-state index contributed by atoms with van der Waals surface area (Å²) in [5.41, 5.74) is -2.81. The Labute approximate surface area is 448 Å². The zero-order chi connectivity index (χ0) is 54.5. The third kappa shape index (κ3) is 8.76. The van der Waals surface area contributed by atoms with Crippen LogP contribution in [0.4, 0.5) is 9.59 Å². The topological polar surface area (TPSA) is 181 Å². The summed E-state index contributed by atoms with van der Waals surface area (Å²) < 4.78 is 18.7. The highest BCUT2D eigenvalue weighted by Gasteiger charge is 2.71. The fourth-order valence-corrected chi connectivity index (χ4v) is 19.2. The van der Waals surface area contributed by atoms with Gasteiger partial charge < -0.3 is 29.1 Å². The van der Waals surface area contributed by atoms with Gasteiger partial charge in [0.1, 0.15) is 23.8 Å². The number of nitrogens with one attached hydrogen (secondary N) is 2. The molecule has 14 heteroatoms. The van der Waals surface area contributed by atoms with E-state index in [1.807, 2.05) is 26.0 Å². The van der Waals surface area contributed by atoms with Gasteiger partial charge in [-0.3, -0.25) is 29.8 Å². The molecule has 6 aliphatic carbocycles. The molecule has 4 saturated heterocycles. The number of hydrogen-bond donors (Lipinski definition) is 3. The van der Waals surface area contributed by atoms with Gasteiger partial charge in [0, 0.05) is 79.1 Å². The Balaban J connectivity index is 0.000000184. The fourth-order valence-electron chi connectivity index (χ4n) is 19.2. The minimum Gasteiger partial charge on any atom is -0.445 e. The minimum absolute atomic E-state index is 0.0121. The quantitative estimate of drug-likeness (QED) is 0.187. The molecular weight excluding hydrogens is 949 g/mol. The molecule has 14 nitrogen and oxygen atoms in total. The maximum absolute atomic E-state index is 14.4. The maximum atomic E-state index is 14.4. The standard InChI is InChI=1S/C31H48N2O5.C30H46N2O5/c1-8-18(2)29(5)15-24(38-28(36)32-27(35)22-17-33-14-11-21(22)16-33)30(6)19(3)9-12-31(20(4)26(29)34)13-10-23(37-7)25(30)31;1-7-17(2)28(5)14-23(37-27(36)31-26(35)21-16-32-13-10-20(21)15-32)29(6)18(3)8-11-30(19(4)25(28)34)12-9-22(33)24(29)30/h8,18-25H,1,9-17H2,2-7H3,(H,32,35,36);7,17-21,23-25,34H,1,8-16H2,2-6H3,(H,31,35,36)/t18?,19-,20+,21-,22+,23-,24-,25?,29+,30+,31?;17?,18-,19+,20-,21+,23-,24?,25+,28+,29+,30?/m11/s1. The summed E-state index contributed by atoms with van der Waals surface area (Å²) in [5, 5.41) is 17.1. The van der Waals surface area contributed by atoms with Gasteiger partial charge in [0.25, 0.3) is 0 Å². The molecule has 4 heterocycles. The van der Waals surface area contributed by atoms with Crippen molar-refractivity contribution in [1.82, 2.24) is 20.4 Å². The molecule has 8 unspecified atom stereocenters. The second kappa shape index (κ2) is 20.3. The van der Waals surface area contributed by atoms with Crippen molar-refractivity contribution in [1.29, 1.82) is 0 Å². The van der Waals surface area contributed by atoms with Crippen LogP contribution in [-0.2, 0) is 33.4 Å². The summed E-state index contributed by atoms with van der Waals surface area (Å²) in [6.45, 7) is 34.7. The summed E-state index contributed by atoms with van der Waals surface area (Å²) in [6, 6.07) is 0. The third-order valence-electron chi connectivity index (χ3n) is 25.0. The zero-order valence-electron chi connectivity index (χ0n) is 47.6. The monoisotopic (exact) mass is 1040 g/mol. The van der Waals surface area contributed by atoms with Crippen molar-refractivity contribution in [3.63, 3.8) is 0 Å². The first-order valence-corrected chi connectivity index (χ1v) is 29.3. The van der Waals surface area contributed by atoms with E-state index >= 15 is 0 Å². The van der Waals surface area contributed by atoms with Gasteiger partial charge >= 0.3 is 12.2 Å². The van der Waals surface area contributed by atoms with Crippen LogP contribution < -0.4 is 10.6 Å². The number of Topliss-reactive ketones (excluding diaryl/α,β-unsaturated/α-hetero) is 2. The van der Waals surface area contributed by atoms with Gasteiger partial charge in [-0.15, -0.1) is 13.2 Å². The van der Waals surface area contributed by atoms with Gasteiger partial charge in [-0.2, -0.15) is 0 Å². The van der Waals surface area contributed by atoms with Crippen molar-refractivity contribution in [3.8, 4) is 0 Å². The molecule has 10 rings (SSSR count). The van der Waals surface area contributed by atoms with Gasteiger partial charge in [-0.05, 0) is 136 Å². The van der Waals surface area contributed by atoms with Crippen molar-refractivity contribution in [2.75, 3.05) is 46.4 Å². The lowest BCUT2D eigenvalue weighted by Crippen LogP contribution is -2.64. The first kappa shape index (κ1) is 56.3. The van der Waals surface area contributed by atoms with E-state index in [0.29, 0.717) is 44.2 Å². The Hall–Kier alpha value is -3.46. The molecule has 0 radical (unpaired) electrons. The number of ether oxygens (including phenoxy) is 3. The molecule has 418 valence electrons. The summed E-state index contributed by atoms with van der Waals surface area (Å²) in [4.78, 5) is 85.4. The van der Waals surface area contributed by atoms with E-state index in [-0.39, 0.29) is 99.5 Å². The normalized spacial score (nSPS) is 49.0. The fraction of sp³-hybridized carbons (Fsp3) is 0.836. The van der Waals surface area contributed by atoms with E-state index in [9.17, 15) is 33.9 Å². The van der Waals surface area contributed by atoms with Crippen LogP contribution in [0.1, 0.15) is 146 Å². The highest BCUT2D eigenvalue weighted by Crippen LogP contribution is 2.71. The van der Waals surface area contributed by atoms with Crippen LogP contribution in [0.5, 0.6) is 0 Å². The molecule has 10 aliphatic rings. The average molecular weight is 1040 g/mol. The largest absolute Gasteiger partial charge is 0.445 e. The van der Waals surface area contributed by atoms with Crippen LogP contribution in [0.15, 0.2) is 25.3 Å². The second-order valence-electron chi connectivity index (χ2n) is 27.6. The predicted molar refractivity (Wildman–Crippen MR) is 286 cm³/mol. The maximum Gasteiger partial charge on any atom is 0.414 e. The lowest BCUT2D eigenvalue weighted by atomic mass is 9.43. The molecule has 8 bridgehead atoms. The molecule has 75 heavy (non-hydrogen) atoms. The molecule has 0 spiro atoms. The average Bonchev–Trinajstić information content (AvgIpc) is 4.29. The van der Waals surface area contributed by atoms with Crippen LogP contribution in [0.25, 0.3) is 0 Å². The molecular formula is C61H94N4O10. The minimum atomic E-state index is -0.727. The van der Waals surface area contributed by atoms with Gasteiger partial charge in [-0.25, -0.2) is 9.59 Å². The molecule has 4 amide bonds. The number of piperidine rings is 2. The Bertz CT molecular complexity index is 2290. The van der Waals surface area contributed by atoms with Crippen LogP contribution in [0.3, 0.4) is 0 Å². The van der Waals surface area contributed by atoms with E-state index in [2.05, 4.69) is 89.0 Å². The van der Waals surface area contributed by atoms with Crippen LogP contribution in [0.2, 0.25) is 0 Å².